The van der Waals surface area contributed by atoms with Crippen LogP contribution in [0.5, 0.6) is 0 Å². The predicted molar refractivity (Wildman–Crippen MR) is 33.9 cm³/mol. The molecule has 5 nitrogen and oxygen atoms in total. The third-order valence-corrected chi connectivity index (χ3v) is 1.21. The summed E-state index contributed by atoms with van der Waals surface area (Å²) in [5, 5.41) is 0. The van der Waals surface area contributed by atoms with Crippen molar-refractivity contribution in [2.75, 3.05) is 19.5 Å². The van der Waals surface area contributed by atoms with Crippen LogP contribution in [0, 0.1) is 0 Å². The molecule has 9 heteroatoms. The topological polar surface area (TPSA) is 61.8 Å². The van der Waals surface area contributed by atoms with E-state index in [0.717, 1.165) is 6.26 Å². The average molecular weight is 224 g/mol. The molecule has 0 rings (SSSR count). The van der Waals surface area contributed by atoms with Gasteiger partial charge in [0.15, 0.2) is 0 Å². The molecule has 0 atom stereocenters. The van der Waals surface area contributed by atoms with Gasteiger partial charge in [-0.05, 0) is 0 Å². The van der Waals surface area contributed by atoms with E-state index in [-0.39, 0.29) is 0 Å². The second kappa shape index (κ2) is 4.74. The molecule has 80 valence electrons. The van der Waals surface area contributed by atoms with Gasteiger partial charge in [-0.15, -0.1) is 18.1 Å². The first kappa shape index (κ1) is 12.6. The predicted octanol–water partition coefficient (Wildman–Crippen LogP) is 0.431. The van der Waals surface area contributed by atoms with E-state index < -0.39 is 29.7 Å². The van der Waals surface area contributed by atoms with E-state index in [0.29, 0.717) is 0 Å². The second-order valence-electron chi connectivity index (χ2n) is 1.88. The van der Waals surface area contributed by atoms with Crippen LogP contribution in [0.4, 0.5) is 13.2 Å². The van der Waals surface area contributed by atoms with Gasteiger partial charge in [-0.2, -0.15) is 8.42 Å². The van der Waals surface area contributed by atoms with Gasteiger partial charge in [0.25, 0.3) is 10.1 Å². The highest BCUT2D eigenvalue weighted by Crippen LogP contribution is 2.15. The van der Waals surface area contributed by atoms with Crippen LogP contribution in [0.2, 0.25) is 0 Å². The summed E-state index contributed by atoms with van der Waals surface area (Å²) in [5.74, 6) is 0. The molecule has 0 radical (unpaired) electrons. The average Bonchev–Trinajstić information content (AvgIpc) is 1.81. The summed E-state index contributed by atoms with van der Waals surface area (Å²) in [6.07, 6.45) is -4.14. The fourth-order valence-electron chi connectivity index (χ4n) is 0.328. The Hall–Kier alpha value is -0.380. The van der Waals surface area contributed by atoms with Crippen molar-refractivity contribution >= 4 is 10.1 Å². The van der Waals surface area contributed by atoms with Crippen molar-refractivity contribution in [3.63, 3.8) is 0 Å². The highest BCUT2D eigenvalue weighted by molar-refractivity contribution is 7.85. The van der Waals surface area contributed by atoms with Gasteiger partial charge < -0.3 is 0 Å². The van der Waals surface area contributed by atoms with Crippen LogP contribution in [0.3, 0.4) is 0 Å². The Balaban J connectivity index is 3.39. The zero-order chi connectivity index (χ0) is 10.5. The van der Waals surface area contributed by atoms with Crippen molar-refractivity contribution in [2.45, 2.75) is 6.36 Å². The summed E-state index contributed by atoms with van der Waals surface area (Å²) >= 11 is 0. The Morgan fingerprint density at radius 3 is 2.15 bits per heavy atom. The number of halogens is 3. The van der Waals surface area contributed by atoms with Crippen LogP contribution in [-0.4, -0.2) is 34.2 Å². The third-order valence-electron chi connectivity index (χ3n) is 0.617. The first-order chi connectivity index (χ1) is 5.71. The molecule has 0 saturated carbocycles. The zero-order valence-corrected chi connectivity index (χ0v) is 7.31. The van der Waals surface area contributed by atoms with Gasteiger partial charge in [-0.3, -0.25) is 4.18 Å². The fraction of sp³-hybridized carbons (Fsp3) is 1.00. The van der Waals surface area contributed by atoms with E-state index in [1.807, 2.05) is 0 Å². The molecule has 0 aromatic rings. The monoisotopic (exact) mass is 224 g/mol. The summed E-state index contributed by atoms with van der Waals surface area (Å²) in [4.78, 5) is 6.45. The lowest BCUT2D eigenvalue weighted by Gasteiger charge is -2.05. The summed E-state index contributed by atoms with van der Waals surface area (Å²) in [6, 6.07) is 0. The van der Waals surface area contributed by atoms with Gasteiger partial charge in [0.2, 0.25) is 0 Å². The Morgan fingerprint density at radius 1 is 1.23 bits per heavy atom. The quantitative estimate of drug-likeness (QED) is 0.293. The Morgan fingerprint density at radius 2 is 1.77 bits per heavy atom. The molecule has 13 heavy (non-hydrogen) atoms. The molecule has 0 fully saturated rings. The van der Waals surface area contributed by atoms with Crippen LogP contribution < -0.4 is 0 Å². The maximum atomic E-state index is 11.2. The van der Waals surface area contributed by atoms with Crippen molar-refractivity contribution < 1.29 is 35.5 Å². The van der Waals surface area contributed by atoms with Crippen LogP contribution in [0.15, 0.2) is 0 Å². The Bertz CT molecular complexity index is 233. The number of hydrogen-bond donors (Lipinski definition) is 0. The van der Waals surface area contributed by atoms with Gasteiger partial charge in [0.1, 0.15) is 6.61 Å². The van der Waals surface area contributed by atoms with E-state index in [9.17, 15) is 21.6 Å². The minimum absolute atomic E-state index is 0.533. The SMILES string of the molecule is CS(=O)(=O)OCCOOC(F)(F)F. The highest BCUT2D eigenvalue weighted by Gasteiger charge is 2.30. The molecule has 0 unspecified atom stereocenters. The third kappa shape index (κ3) is 11.6. The van der Waals surface area contributed by atoms with Crippen molar-refractivity contribution in [1.29, 1.82) is 0 Å². The van der Waals surface area contributed by atoms with Crippen LogP contribution in [0.25, 0.3) is 0 Å². The molecule has 0 spiro atoms. The van der Waals surface area contributed by atoms with E-state index in [2.05, 4.69) is 14.0 Å². The Kier molecular flexibility index (Phi) is 4.61. The lowest BCUT2D eigenvalue weighted by Crippen LogP contribution is -2.17. The molecule has 0 aromatic heterocycles. The van der Waals surface area contributed by atoms with E-state index in [1.165, 1.54) is 0 Å². The Labute approximate surface area is 72.4 Å². The zero-order valence-electron chi connectivity index (χ0n) is 6.50. The van der Waals surface area contributed by atoms with Crippen molar-refractivity contribution in [3.05, 3.63) is 0 Å². The van der Waals surface area contributed by atoms with Crippen LogP contribution in [0.1, 0.15) is 0 Å². The van der Waals surface area contributed by atoms with E-state index in [4.69, 9.17) is 0 Å². The van der Waals surface area contributed by atoms with Crippen LogP contribution >= 0.6 is 0 Å². The van der Waals surface area contributed by atoms with Crippen molar-refractivity contribution in [3.8, 4) is 0 Å². The summed E-state index contributed by atoms with van der Waals surface area (Å²) in [7, 11) is -3.66. The van der Waals surface area contributed by atoms with E-state index in [1.54, 1.807) is 0 Å². The van der Waals surface area contributed by atoms with Crippen LogP contribution in [-0.2, 0) is 24.1 Å². The lowest BCUT2D eigenvalue weighted by molar-refractivity contribution is -0.484. The molecule has 0 amide bonds. The first-order valence-electron chi connectivity index (χ1n) is 2.92. The smallest absolute Gasteiger partial charge is 0.268 e. The molecular formula is C4H7F3O5S. The van der Waals surface area contributed by atoms with Gasteiger partial charge in [0, 0.05) is 0 Å². The number of alkyl halides is 3. The minimum atomic E-state index is -4.90. The highest BCUT2D eigenvalue weighted by atomic mass is 32.2. The number of hydrogen-bond acceptors (Lipinski definition) is 5. The molecule has 0 bridgehead atoms. The van der Waals surface area contributed by atoms with E-state index >= 15 is 0 Å². The van der Waals surface area contributed by atoms with Crippen molar-refractivity contribution in [1.82, 2.24) is 0 Å². The summed E-state index contributed by atoms with van der Waals surface area (Å²) in [5.41, 5.74) is 0. The lowest BCUT2D eigenvalue weighted by atomic mass is 10.8. The molecule has 0 aliphatic rings. The molecule has 0 heterocycles. The number of rotatable bonds is 5. The molecule has 0 aromatic carbocycles. The summed E-state index contributed by atoms with van der Waals surface area (Å²) < 4.78 is 58.2. The maximum absolute atomic E-state index is 11.2. The first-order valence-corrected chi connectivity index (χ1v) is 4.74. The normalized spacial score (nSPS) is 13.2. The molecule has 0 N–H and O–H groups in total. The fourth-order valence-corrected chi connectivity index (χ4v) is 0.699. The van der Waals surface area contributed by atoms with Gasteiger partial charge in [-0.1, -0.05) is 0 Å². The molecule has 0 saturated heterocycles. The van der Waals surface area contributed by atoms with Gasteiger partial charge in [0.05, 0.1) is 12.9 Å². The minimum Gasteiger partial charge on any atom is -0.268 e. The molecule has 0 aliphatic carbocycles. The molecule has 0 aliphatic heterocycles. The van der Waals surface area contributed by atoms with Gasteiger partial charge in [-0.25, -0.2) is 4.89 Å². The standard InChI is InChI=1S/C4H7F3O5S/c1-13(8,9)11-3-2-10-12-4(5,6)7/h2-3H2,1H3. The summed E-state index contributed by atoms with van der Waals surface area (Å²) in [6.45, 7) is -1.17. The largest absolute Gasteiger partial charge is 0.549 e. The molecular weight excluding hydrogens is 217 g/mol. The van der Waals surface area contributed by atoms with Crippen molar-refractivity contribution in [2.24, 2.45) is 0 Å². The van der Waals surface area contributed by atoms with Gasteiger partial charge >= 0.3 is 6.36 Å². The second-order valence-corrected chi connectivity index (χ2v) is 3.52. The maximum Gasteiger partial charge on any atom is 0.549 e.